The lowest BCUT2D eigenvalue weighted by Crippen LogP contribution is -2.44. The number of furan rings is 1. The molecule has 3 amide bonds. The molecule has 3 aromatic rings. The van der Waals surface area contributed by atoms with Crippen LogP contribution in [0.15, 0.2) is 53.4 Å². The average Bonchev–Trinajstić information content (AvgIpc) is 3.21. The van der Waals surface area contributed by atoms with E-state index in [0.29, 0.717) is 6.54 Å². The number of hydrogen-bond acceptors (Lipinski definition) is 5. The smallest absolute Gasteiger partial charge is 0.313 e. The number of aromatic nitrogens is 1. The largest absolute Gasteiger partial charge is 0.464 e. The summed E-state index contributed by atoms with van der Waals surface area (Å²) in [5, 5.41) is 3.50. The molecule has 4 rings (SSSR count). The number of carbonyl (C=O) groups is 3. The first-order chi connectivity index (χ1) is 14.0. The monoisotopic (exact) mass is 392 g/mol. The Morgan fingerprint density at radius 3 is 2.83 bits per heavy atom. The number of amides is 3. The fourth-order valence-corrected chi connectivity index (χ4v) is 3.66. The lowest BCUT2D eigenvalue weighted by atomic mass is 9.94. The van der Waals surface area contributed by atoms with Crippen LogP contribution in [0.2, 0.25) is 0 Å². The standard InChI is InChI=1S/C21H20N4O4/c22-19(26)15-9-16(12-23-11-15)24-20(27)21(28)25-7-2-1-3-17(25)14-5-4-13-6-8-29-18(13)10-14/h4-6,8-12,17H,1-3,7H2,(H2,22,26)(H,24,27)/t17-/m0/s1. The number of carbonyl (C=O) groups excluding carboxylic acids is 3. The van der Waals surface area contributed by atoms with E-state index in [1.807, 2.05) is 24.3 Å². The highest BCUT2D eigenvalue weighted by Crippen LogP contribution is 2.33. The molecule has 1 fully saturated rings. The van der Waals surface area contributed by atoms with Gasteiger partial charge in [0, 0.05) is 18.1 Å². The van der Waals surface area contributed by atoms with Crippen LogP contribution in [0.5, 0.6) is 0 Å². The summed E-state index contributed by atoms with van der Waals surface area (Å²) in [6, 6.07) is 8.90. The summed E-state index contributed by atoms with van der Waals surface area (Å²) >= 11 is 0. The molecule has 8 nitrogen and oxygen atoms in total. The zero-order chi connectivity index (χ0) is 20.4. The highest BCUT2D eigenvalue weighted by molar-refractivity contribution is 6.39. The minimum absolute atomic E-state index is 0.151. The third-order valence-corrected chi connectivity index (χ3v) is 5.10. The van der Waals surface area contributed by atoms with Crippen molar-refractivity contribution >= 4 is 34.4 Å². The number of likely N-dealkylation sites (tertiary alicyclic amines) is 1. The minimum atomic E-state index is -0.778. The van der Waals surface area contributed by atoms with Crippen molar-refractivity contribution in [3.63, 3.8) is 0 Å². The number of benzene rings is 1. The average molecular weight is 392 g/mol. The number of primary amides is 1. The molecular weight excluding hydrogens is 372 g/mol. The van der Waals surface area contributed by atoms with E-state index in [0.717, 1.165) is 35.8 Å². The molecule has 1 saturated heterocycles. The number of nitrogens with zero attached hydrogens (tertiary/aromatic N) is 2. The van der Waals surface area contributed by atoms with Gasteiger partial charge in [-0.1, -0.05) is 12.1 Å². The van der Waals surface area contributed by atoms with Gasteiger partial charge >= 0.3 is 11.8 Å². The molecule has 2 aromatic heterocycles. The third-order valence-electron chi connectivity index (χ3n) is 5.10. The maximum atomic E-state index is 12.9. The van der Waals surface area contributed by atoms with Gasteiger partial charge in [0.25, 0.3) is 0 Å². The number of piperidine rings is 1. The van der Waals surface area contributed by atoms with Crippen LogP contribution in [-0.4, -0.2) is 34.2 Å². The topological polar surface area (TPSA) is 119 Å². The van der Waals surface area contributed by atoms with Gasteiger partial charge in [0.2, 0.25) is 5.91 Å². The zero-order valence-electron chi connectivity index (χ0n) is 15.6. The van der Waals surface area contributed by atoms with E-state index in [2.05, 4.69) is 10.3 Å². The Morgan fingerprint density at radius 2 is 2.00 bits per heavy atom. The molecule has 0 spiro atoms. The highest BCUT2D eigenvalue weighted by Gasteiger charge is 2.32. The Labute approximate surface area is 166 Å². The van der Waals surface area contributed by atoms with Gasteiger partial charge in [0.15, 0.2) is 0 Å². The molecule has 0 radical (unpaired) electrons. The quantitative estimate of drug-likeness (QED) is 0.664. The Balaban J connectivity index is 1.54. The van der Waals surface area contributed by atoms with Gasteiger partial charge < -0.3 is 20.4 Å². The fraction of sp³-hybridized carbons (Fsp3) is 0.238. The first kappa shape index (κ1) is 18.7. The summed E-state index contributed by atoms with van der Waals surface area (Å²) in [6.45, 7) is 0.493. The van der Waals surface area contributed by atoms with Crippen molar-refractivity contribution in [3.8, 4) is 0 Å². The second-order valence-electron chi connectivity index (χ2n) is 7.01. The minimum Gasteiger partial charge on any atom is -0.464 e. The van der Waals surface area contributed by atoms with Gasteiger partial charge in [-0.3, -0.25) is 19.4 Å². The summed E-state index contributed by atoms with van der Waals surface area (Å²) in [7, 11) is 0. The lowest BCUT2D eigenvalue weighted by molar-refractivity contribution is -0.145. The summed E-state index contributed by atoms with van der Waals surface area (Å²) in [5.41, 5.74) is 7.31. The second-order valence-corrected chi connectivity index (χ2v) is 7.01. The summed E-state index contributed by atoms with van der Waals surface area (Å²) in [6.07, 6.45) is 6.85. The number of nitrogens with two attached hydrogens (primary N) is 1. The molecule has 8 heteroatoms. The Hall–Kier alpha value is -3.68. The van der Waals surface area contributed by atoms with E-state index < -0.39 is 17.7 Å². The van der Waals surface area contributed by atoms with Crippen LogP contribution in [0, 0.1) is 0 Å². The first-order valence-electron chi connectivity index (χ1n) is 9.37. The Morgan fingerprint density at radius 1 is 1.14 bits per heavy atom. The SMILES string of the molecule is NC(=O)c1cncc(NC(=O)C(=O)N2CCCC[C@H]2c2ccc3ccoc3c2)c1. The zero-order valence-corrected chi connectivity index (χ0v) is 15.6. The van der Waals surface area contributed by atoms with Crippen molar-refractivity contribution in [2.45, 2.75) is 25.3 Å². The summed E-state index contributed by atoms with van der Waals surface area (Å²) in [5.74, 6) is -2.07. The van der Waals surface area contributed by atoms with Crippen LogP contribution in [0.25, 0.3) is 11.0 Å². The number of rotatable bonds is 3. The van der Waals surface area contributed by atoms with Gasteiger partial charge in [0.05, 0.1) is 29.8 Å². The second kappa shape index (κ2) is 7.75. The molecule has 3 N–H and O–H groups in total. The van der Waals surface area contributed by atoms with Gasteiger partial charge in [-0.05, 0) is 43.0 Å². The van der Waals surface area contributed by atoms with E-state index >= 15 is 0 Å². The Kier molecular flexibility index (Phi) is 4.99. The predicted molar refractivity (Wildman–Crippen MR) is 106 cm³/mol. The summed E-state index contributed by atoms with van der Waals surface area (Å²) in [4.78, 5) is 42.2. The molecular formula is C21H20N4O4. The molecule has 148 valence electrons. The van der Waals surface area contributed by atoms with Crippen LogP contribution in [-0.2, 0) is 9.59 Å². The molecule has 29 heavy (non-hydrogen) atoms. The number of anilines is 1. The van der Waals surface area contributed by atoms with Crippen molar-refractivity contribution < 1.29 is 18.8 Å². The van der Waals surface area contributed by atoms with Gasteiger partial charge in [-0.2, -0.15) is 0 Å². The van der Waals surface area contributed by atoms with Crippen molar-refractivity contribution in [1.29, 1.82) is 0 Å². The van der Waals surface area contributed by atoms with Gasteiger partial charge in [-0.25, -0.2) is 0 Å². The molecule has 3 heterocycles. The molecule has 1 aliphatic heterocycles. The molecule has 1 atom stereocenters. The van der Waals surface area contributed by atoms with Crippen LogP contribution >= 0.6 is 0 Å². The van der Waals surface area contributed by atoms with E-state index in [4.69, 9.17) is 10.2 Å². The predicted octanol–water partition coefficient (Wildman–Crippen LogP) is 2.62. The first-order valence-corrected chi connectivity index (χ1v) is 9.37. The fourth-order valence-electron chi connectivity index (χ4n) is 3.66. The molecule has 0 saturated carbocycles. The molecule has 0 bridgehead atoms. The summed E-state index contributed by atoms with van der Waals surface area (Å²) < 4.78 is 5.47. The number of fused-ring (bicyclic) bond motifs is 1. The van der Waals surface area contributed by atoms with Crippen LogP contribution in [0.1, 0.15) is 41.2 Å². The van der Waals surface area contributed by atoms with E-state index in [9.17, 15) is 14.4 Å². The lowest BCUT2D eigenvalue weighted by Gasteiger charge is -2.35. The van der Waals surface area contributed by atoms with Crippen LogP contribution in [0.3, 0.4) is 0 Å². The normalized spacial score (nSPS) is 16.6. The molecule has 1 aliphatic rings. The van der Waals surface area contributed by atoms with Crippen molar-refractivity contribution in [1.82, 2.24) is 9.88 Å². The van der Waals surface area contributed by atoms with Crippen molar-refractivity contribution in [2.75, 3.05) is 11.9 Å². The van der Waals surface area contributed by atoms with Crippen LogP contribution in [0.4, 0.5) is 5.69 Å². The maximum Gasteiger partial charge on any atom is 0.313 e. The molecule has 1 aromatic carbocycles. The van der Waals surface area contributed by atoms with Crippen molar-refractivity contribution in [3.05, 3.63) is 60.1 Å². The third kappa shape index (κ3) is 3.82. The van der Waals surface area contributed by atoms with E-state index in [1.165, 1.54) is 18.5 Å². The van der Waals surface area contributed by atoms with Crippen LogP contribution < -0.4 is 11.1 Å². The molecule has 0 aliphatic carbocycles. The number of pyridine rings is 1. The maximum absolute atomic E-state index is 12.9. The molecule has 0 unspecified atom stereocenters. The number of nitrogens with one attached hydrogen (secondary N) is 1. The van der Waals surface area contributed by atoms with E-state index in [-0.39, 0.29) is 17.3 Å². The van der Waals surface area contributed by atoms with Crippen molar-refractivity contribution in [2.24, 2.45) is 5.73 Å². The highest BCUT2D eigenvalue weighted by atomic mass is 16.3. The van der Waals surface area contributed by atoms with E-state index in [1.54, 1.807) is 11.2 Å². The number of hydrogen-bond donors (Lipinski definition) is 2. The van der Waals surface area contributed by atoms with Gasteiger partial charge in [-0.15, -0.1) is 0 Å². The Bertz CT molecular complexity index is 1090. The van der Waals surface area contributed by atoms with Gasteiger partial charge in [0.1, 0.15) is 5.58 Å².